The van der Waals surface area contributed by atoms with Crippen molar-refractivity contribution < 1.29 is 27.6 Å². The maximum atomic E-state index is 13.4. The Morgan fingerprint density at radius 2 is 2.06 bits per heavy atom. The van der Waals surface area contributed by atoms with E-state index in [1.165, 1.54) is 13.3 Å². The van der Waals surface area contributed by atoms with Gasteiger partial charge in [0, 0.05) is 47.5 Å². The molecule has 4 rings (SSSR count). The fourth-order valence-corrected chi connectivity index (χ4v) is 4.13. The number of nitrogens with zero attached hydrogens (tertiary/aromatic N) is 5. The van der Waals surface area contributed by atoms with Crippen molar-refractivity contribution in [1.29, 1.82) is 0 Å². The van der Waals surface area contributed by atoms with E-state index in [4.69, 9.17) is 0 Å². The molecule has 3 aromatic heterocycles. The number of aromatic nitrogens is 5. The first-order valence-corrected chi connectivity index (χ1v) is 11.0. The van der Waals surface area contributed by atoms with Gasteiger partial charge in [0.15, 0.2) is 11.5 Å². The lowest BCUT2D eigenvalue weighted by molar-refractivity contribution is -0.141. The topological polar surface area (TPSA) is 124 Å². The quantitative estimate of drug-likeness (QED) is 0.509. The number of fused-ring (bicyclic) bond motifs is 1. The minimum absolute atomic E-state index is 0.0460. The Balaban J connectivity index is 1.48. The second-order valence-electron chi connectivity index (χ2n) is 8.79. The minimum Gasteiger partial charge on any atom is -0.354 e. The van der Waals surface area contributed by atoms with Gasteiger partial charge in [-0.3, -0.25) is 19.1 Å². The fraction of sp³-hybridized carbons (Fsp3) is 0.455. The molecule has 0 saturated carbocycles. The first kappa shape index (κ1) is 24.4. The van der Waals surface area contributed by atoms with E-state index in [2.05, 4.69) is 25.7 Å². The Morgan fingerprint density at radius 3 is 2.71 bits per heavy atom. The number of carbonyl (C=O) groups excluding carboxylic acids is 3. The molecule has 2 unspecified atom stereocenters. The van der Waals surface area contributed by atoms with Crippen molar-refractivity contribution in [3.63, 3.8) is 0 Å². The number of rotatable bonds is 6. The zero-order chi connectivity index (χ0) is 25.5. The third-order valence-electron chi connectivity index (χ3n) is 5.95. The average molecular weight is 491 g/mol. The zero-order valence-corrected chi connectivity index (χ0v) is 19.3. The first-order chi connectivity index (χ1) is 16.5. The van der Waals surface area contributed by atoms with Crippen molar-refractivity contribution in [1.82, 2.24) is 34.9 Å². The van der Waals surface area contributed by atoms with Crippen molar-refractivity contribution in [2.24, 2.45) is 5.92 Å². The molecule has 2 amide bonds. The lowest BCUT2D eigenvalue weighted by Crippen LogP contribution is -2.55. The summed E-state index contributed by atoms with van der Waals surface area (Å²) in [6, 6.07) is -0.124. The number of hydrogen-bond acceptors (Lipinski definition) is 6. The van der Waals surface area contributed by atoms with Crippen LogP contribution in [-0.4, -0.2) is 54.5 Å². The third kappa shape index (κ3) is 4.88. The number of piperidine rings is 1. The Kier molecular flexibility index (Phi) is 6.34. The largest absolute Gasteiger partial charge is 0.435 e. The van der Waals surface area contributed by atoms with Crippen molar-refractivity contribution in [2.75, 3.05) is 6.54 Å². The van der Waals surface area contributed by atoms with Gasteiger partial charge in [-0.25, -0.2) is 9.97 Å². The number of aryl methyl sites for hydroxylation is 1. The Bertz CT molecular complexity index is 1300. The van der Waals surface area contributed by atoms with Gasteiger partial charge in [-0.2, -0.15) is 18.3 Å². The smallest absolute Gasteiger partial charge is 0.354 e. The highest BCUT2D eigenvalue weighted by Gasteiger charge is 2.36. The molecule has 0 aromatic carbocycles. The summed E-state index contributed by atoms with van der Waals surface area (Å²) in [5.74, 6) is -2.00. The molecule has 1 fully saturated rings. The van der Waals surface area contributed by atoms with Gasteiger partial charge in [0.1, 0.15) is 24.6 Å². The first-order valence-electron chi connectivity index (χ1n) is 11.0. The maximum Gasteiger partial charge on any atom is 0.435 e. The highest BCUT2D eigenvalue weighted by molar-refractivity contribution is 6.09. The average Bonchev–Trinajstić information content (AvgIpc) is 3.36. The molecule has 35 heavy (non-hydrogen) atoms. The number of halogens is 3. The molecule has 1 aliphatic heterocycles. The van der Waals surface area contributed by atoms with Gasteiger partial charge in [0.25, 0.3) is 0 Å². The summed E-state index contributed by atoms with van der Waals surface area (Å²) in [7, 11) is 0. The lowest BCUT2D eigenvalue weighted by atomic mass is 9.88. The van der Waals surface area contributed by atoms with E-state index in [0.717, 1.165) is 10.7 Å². The predicted octanol–water partition coefficient (Wildman–Crippen LogP) is 2.04. The van der Waals surface area contributed by atoms with Crippen molar-refractivity contribution in [2.45, 2.75) is 52.0 Å². The van der Waals surface area contributed by atoms with Crippen LogP contribution in [0.5, 0.6) is 0 Å². The predicted molar refractivity (Wildman–Crippen MR) is 117 cm³/mol. The number of hydrogen-bond donors (Lipinski definition) is 2. The molecule has 186 valence electrons. The minimum atomic E-state index is -4.63. The summed E-state index contributed by atoms with van der Waals surface area (Å²) < 4.78 is 41.4. The number of amides is 2. The maximum absolute atomic E-state index is 13.4. The normalized spacial score (nSPS) is 18.7. The molecule has 2 atom stereocenters. The Morgan fingerprint density at radius 1 is 1.31 bits per heavy atom. The van der Waals surface area contributed by atoms with Gasteiger partial charge >= 0.3 is 6.18 Å². The van der Waals surface area contributed by atoms with Crippen LogP contribution in [0, 0.1) is 12.8 Å². The van der Waals surface area contributed by atoms with Crippen molar-refractivity contribution in [3.05, 3.63) is 41.7 Å². The summed E-state index contributed by atoms with van der Waals surface area (Å²) in [6.07, 6.45) is 0.101. The molecular formula is C22H24F3N7O3. The Hall–Kier alpha value is -3.77. The molecule has 1 aliphatic rings. The summed E-state index contributed by atoms with van der Waals surface area (Å²) in [5, 5.41) is 9.16. The highest BCUT2D eigenvalue weighted by atomic mass is 19.4. The van der Waals surface area contributed by atoms with E-state index in [1.54, 1.807) is 12.4 Å². The van der Waals surface area contributed by atoms with E-state index in [9.17, 15) is 27.6 Å². The van der Waals surface area contributed by atoms with E-state index in [-0.39, 0.29) is 30.5 Å². The fourth-order valence-electron chi connectivity index (χ4n) is 4.13. The molecule has 0 aliphatic carbocycles. The van der Waals surface area contributed by atoms with E-state index in [1.807, 2.05) is 18.4 Å². The van der Waals surface area contributed by atoms with Crippen molar-refractivity contribution in [3.8, 4) is 0 Å². The zero-order valence-electron chi connectivity index (χ0n) is 19.3. The number of carbonyl (C=O) groups is 3. The van der Waals surface area contributed by atoms with Gasteiger partial charge in [0.05, 0.1) is 0 Å². The number of Topliss-reactive ketones (excluding diaryl/α,β-unsaturated/α-hetero) is 1. The summed E-state index contributed by atoms with van der Waals surface area (Å²) in [6.45, 7) is 4.92. The van der Waals surface area contributed by atoms with Gasteiger partial charge < -0.3 is 15.2 Å². The van der Waals surface area contributed by atoms with E-state index < -0.39 is 42.2 Å². The van der Waals surface area contributed by atoms with Gasteiger partial charge in [-0.1, -0.05) is 0 Å². The second kappa shape index (κ2) is 9.12. The highest BCUT2D eigenvalue weighted by Crippen LogP contribution is 2.29. The van der Waals surface area contributed by atoms with Crippen LogP contribution in [0.25, 0.3) is 11.0 Å². The number of ketones is 1. The van der Waals surface area contributed by atoms with Crippen LogP contribution < -0.4 is 10.6 Å². The molecule has 0 spiro atoms. The lowest BCUT2D eigenvalue weighted by Gasteiger charge is -2.28. The summed E-state index contributed by atoms with van der Waals surface area (Å²) in [5.41, 5.74) is 0.0917. The molecular weight excluding hydrogens is 467 g/mol. The molecule has 4 heterocycles. The number of alkyl halides is 3. The van der Waals surface area contributed by atoms with E-state index in [0.29, 0.717) is 16.6 Å². The second-order valence-corrected chi connectivity index (χ2v) is 8.79. The van der Waals surface area contributed by atoms with Crippen LogP contribution in [0.3, 0.4) is 0 Å². The van der Waals surface area contributed by atoms with Crippen LogP contribution in [0.2, 0.25) is 0 Å². The van der Waals surface area contributed by atoms with Gasteiger partial charge in [-0.15, -0.1) is 0 Å². The monoisotopic (exact) mass is 491 g/mol. The van der Waals surface area contributed by atoms with Crippen LogP contribution in [-0.2, 0) is 22.3 Å². The van der Waals surface area contributed by atoms with E-state index >= 15 is 0 Å². The molecule has 2 N–H and O–H groups in total. The molecule has 13 heteroatoms. The van der Waals surface area contributed by atoms with Crippen LogP contribution in [0.4, 0.5) is 13.2 Å². The molecule has 0 bridgehead atoms. The molecule has 3 aromatic rings. The van der Waals surface area contributed by atoms with Gasteiger partial charge in [-0.05, 0) is 33.3 Å². The van der Waals surface area contributed by atoms with Crippen LogP contribution >= 0.6 is 0 Å². The third-order valence-corrected chi connectivity index (χ3v) is 5.95. The molecule has 0 radical (unpaired) electrons. The summed E-state index contributed by atoms with van der Waals surface area (Å²) >= 11 is 0. The molecule has 1 saturated heterocycles. The van der Waals surface area contributed by atoms with Crippen LogP contribution in [0.15, 0.2) is 24.8 Å². The molecule has 10 nitrogen and oxygen atoms in total. The van der Waals surface area contributed by atoms with Crippen molar-refractivity contribution >= 4 is 28.6 Å². The SMILES string of the molecule is Cc1cc(C(F)(F)F)nn1CC(=O)NC1CC(C(=O)c2cn(C(C)C)c3ncncc23)CNC1=O. The Labute approximate surface area is 197 Å². The van der Waals surface area contributed by atoms with Gasteiger partial charge in [0.2, 0.25) is 11.8 Å². The number of nitrogens with one attached hydrogen (secondary N) is 2. The van der Waals surface area contributed by atoms with Crippen LogP contribution in [0.1, 0.15) is 48.1 Å². The standard InChI is InChI=1S/C22H24F3N7O3/c1-11(2)31-8-15(14-7-26-10-28-20(14)31)19(34)13-5-16(21(35)27-6-13)29-18(33)9-32-12(3)4-17(30-32)22(23,24)25/h4,7-8,10-11,13,16H,5-6,9H2,1-3H3,(H,27,35)(H,29,33). The summed E-state index contributed by atoms with van der Waals surface area (Å²) in [4.78, 5) is 46.5.